The van der Waals surface area contributed by atoms with Crippen LogP contribution in [0.5, 0.6) is 0 Å². The Morgan fingerprint density at radius 1 is 1.50 bits per heavy atom. The number of rotatable bonds is 2. The molecule has 0 aliphatic rings. The predicted octanol–water partition coefficient (Wildman–Crippen LogP) is 2.25. The van der Waals surface area contributed by atoms with Gasteiger partial charge in [-0.3, -0.25) is 0 Å². The first-order valence-electron chi connectivity index (χ1n) is 4.38. The molecule has 1 aromatic heterocycles. The Bertz CT molecular complexity index is 553. The highest BCUT2D eigenvalue weighted by atomic mass is 127. The number of hydrogen-bond donors (Lipinski definition) is 1. The molecule has 2 rings (SSSR count). The number of thiocarbonyl (C=S) groups is 1. The van der Waals surface area contributed by atoms with Crippen molar-refractivity contribution in [2.45, 2.75) is 0 Å². The molecular weight excluding hydrogens is 340 g/mol. The summed E-state index contributed by atoms with van der Waals surface area (Å²) in [5.74, 6) is -0.398. The molecule has 6 heteroatoms. The Kier molecular flexibility index (Phi) is 3.20. The van der Waals surface area contributed by atoms with E-state index in [1.54, 1.807) is 24.5 Å². The Morgan fingerprint density at radius 3 is 2.75 bits per heavy atom. The number of nitrogens with zero attached hydrogens (tertiary/aromatic N) is 2. The highest BCUT2D eigenvalue weighted by molar-refractivity contribution is 14.1. The Morgan fingerprint density at radius 2 is 2.25 bits per heavy atom. The number of nitrogens with two attached hydrogens (primary N) is 1. The molecule has 0 saturated heterocycles. The van der Waals surface area contributed by atoms with Crippen LogP contribution in [0.15, 0.2) is 30.6 Å². The average Bonchev–Trinajstić information content (AvgIpc) is 2.64. The first-order chi connectivity index (χ1) is 7.58. The summed E-state index contributed by atoms with van der Waals surface area (Å²) in [5, 5.41) is 4.03. The number of benzene rings is 1. The van der Waals surface area contributed by atoms with Crippen molar-refractivity contribution in [1.82, 2.24) is 9.78 Å². The minimum absolute atomic E-state index is 0.181. The molecule has 0 atom stereocenters. The van der Waals surface area contributed by atoms with E-state index in [1.807, 2.05) is 0 Å². The van der Waals surface area contributed by atoms with Gasteiger partial charge >= 0.3 is 0 Å². The maximum atomic E-state index is 13.7. The summed E-state index contributed by atoms with van der Waals surface area (Å²) in [6, 6.07) is 4.59. The van der Waals surface area contributed by atoms with Gasteiger partial charge in [0.25, 0.3) is 0 Å². The monoisotopic (exact) mass is 347 g/mol. The fraction of sp³-hybridized carbons (Fsp3) is 0. The fourth-order valence-electron chi connectivity index (χ4n) is 1.28. The molecular formula is C10H7FIN3S. The molecule has 0 aliphatic carbocycles. The third-order valence-corrected chi connectivity index (χ3v) is 2.82. The zero-order chi connectivity index (χ0) is 11.7. The summed E-state index contributed by atoms with van der Waals surface area (Å²) in [7, 11) is 0. The van der Waals surface area contributed by atoms with E-state index in [4.69, 9.17) is 18.0 Å². The van der Waals surface area contributed by atoms with Crippen LogP contribution in [0.2, 0.25) is 0 Å². The van der Waals surface area contributed by atoms with Gasteiger partial charge in [-0.2, -0.15) is 5.10 Å². The summed E-state index contributed by atoms with van der Waals surface area (Å²) in [4.78, 5) is 0.181. The second kappa shape index (κ2) is 4.46. The van der Waals surface area contributed by atoms with E-state index >= 15 is 0 Å². The molecule has 1 aromatic carbocycles. The van der Waals surface area contributed by atoms with Gasteiger partial charge in [-0.25, -0.2) is 9.07 Å². The zero-order valence-corrected chi connectivity index (χ0v) is 11.0. The molecule has 0 amide bonds. The standard InChI is InChI=1S/C10H7FIN3S/c11-8-3-6(10(13)16)1-2-9(8)15-5-7(12)4-14-15/h1-5H,(H2,13,16). The molecule has 0 spiro atoms. The lowest BCUT2D eigenvalue weighted by Gasteiger charge is -2.04. The van der Waals surface area contributed by atoms with Crippen LogP contribution >= 0.6 is 34.8 Å². The third-order valence-electron chi connectivity index (χ3n) is 2.03. The van der Waals surface area contributed by atoms with Crippen molar-refractivity contribution in [2.24, 2.45) is 5.73 Å². The van der Waals surface area contributed by atoms with Crippen LogP contribution in [0.25, 0.3) is 5.69 Å². The summed E-state index contributed by atoms with van der Waals surface area (Å²) in [5.41, 5.74) is 6.31. The van der Waals surface area contributed by atoms with Crippen molar-refractivity contribution in [2.75, 3.05) is 0 Å². The Labute approximate surface area is 111 Å². The van der Waals surface area contributed by atoms with Gasteiger partial charge in [0.1, 0.15) is 16.5 Å². The van der Waals surface area contributed by atoms with Crippen molar-refractivity contribution in [3.05, 3.63) is 45.5 Å². The largest absolute Gasteiger partial charge is 0.389 e. The van der Waals surface area contributed by atoms with E-state index in [9.17, 15) is 4.39 Å². The molecule has 2 aromatic rings. The lowest BCUT2D eigenvalue weighted by Crippen LogP contribution is -2.10. The van der Waals surface area contributed by atoms with Crippen LogP contribution in [-0.2, 0) is 0 Å². The number of halogens is 2. The van der Waals surface area contributed by atoms with Crippen LogP contribution in [0, 0.1) is 9.39 Å². The fourth-order valence-corrected chi connectivity index (χ4v) is 1.79. The third kappa shape index (κ3) is 2.22. The topological polar surface area (TPSA) is 43.8 Å². The summed E-state index contributed by atoms with van der Waals surface area (Å²) in [6.45, 7) is 0. The van der Waals surface area contributed by atoms with Crippen LogP contribution in [0.1, 0.15) is 5.56 Å². The minimum Gasteiger partial charge on any atom is -0.389 e. The van der Waals surface area contributed by atoms with Gasteiger partial charge in [0, 0.05) is 11.8 Å². The van der Waals surface area contributed by atoms with Gasteiger partial charge in [-0.05, 0) is 40.8 Å². The van der Waals surface area contributed by atoms with Crippen molar-refractivity contribution in [3.63, 3.8) is 0 Å². The lowest BCUT2D eigenvalue weighted by molar-refractivity contribution is 0.610. The molecule has 0 saturated carbocycles. The first-order valence-corrected chi connectivity index (χ1v) is 5.86. The van der Waals surface area contributed by atoms with Crippen LogP contribution in [-0.4, -0.2) is 14.8 Å². The molecule has 0 fully saturated rings. The number of hydrogen-bond acceptors (Lipinski definition) is 2. The molecule has 0 radical (unpaired) electrons. The van der Waals surface area contributed by atoms with Gasteiger partial charge in [-0.1, -0.05) is 12.2 Å². The van der Waals surface area contributed by atoms with Crippen molar-refractivity contribution in [1.29, 1.82) is 0 Å². The molecule has 0 unspecified atom stereocenters. The van der Waals surface area contributed by atoms with Gasteiger partial charge in [0.05, 0.1) is 9.77 Å². The van der Waals surface area contributed by atoms with E-state index in [0.717, 1.165) is 3.57 Å². The maximum absolute atomic E-state index is 13.7. The summed E-state index contributed by atoms with van der Waals surface area (Å²) < 4.78 is 16.1. The normalized spacial score (nSPS) is 10.4. The van der Waals surface area contributed by atoms with Gasteiger partial charge < -0.3 is 5.73 Å². The average molecular weight is 347 g/mol. The van der Waals surface area contributed by atoms with E-state index in [1.165, 1.54) is 10.7 Å². The molecule has 2 N–H and O–H groups in total. The zero-order valence-electron chi connectivity index (χ0n) is 8.02. The van der Waals surface area contributed by atoms with Crippen LogP contribution in [0.3, 0.4) is 0 Å². The smallest absolute Gasteiger partial charge is 0.149 e. The molecule has 1 heterocycles. The van der Waals surface area contributed by atoms with Crippen LogP contribution < -0.4 is 5.73 Å². The lowest BCUT2D eigenvalue weighted by atomic mass is 10.2. The van der Waals surface area contributed by atoms with E-state index in [2.05, 4.69) is 27.7 Å². The van der Waals surface area contributed by atoms with Crippen LogP contribution in [0.4, 0.5) is 4.39 Å². The maximum Gasteiger partial charge on any atom is 0.149 e. The highest BCUT2D eigenvalue weighted by Gasteiger charge is 2.07. The van der Waals surface area contributed by atoms with Gasteiger partial charge in [0.15, 0.2) is 0 Å². The predicted molar refractivity (Wildman–Crippen MR) is 72.1 cm³/mol. The second-order valence-electron chi connectivity index (χ2n) is 3.13. The summed E-state index contributed by atoms with van der Waals surface area (Å²) in [6.07, 6.45) is 3.39. The second-order valence-corrected chi connectivity index (χ2v) is 4.82. The van der Waals surface area contributed by atoms with Gasteiger partial charge in [0.2, 0.25) is 0 Å². The summed E-state index contributed by atoms with van der Waals surface area (Å²) >= 11 is 6.88. The minimum atomic E-state index is -0.398. The molecule has 0 aliphatic heterocycles. The van der Waals surface area contributed by atoms with Crippen molar-refractivity contribution < 1.29 is 4.39 Å². The number of aromatic nitrogens is 2. The SMILES string of the molecule is NC(=S)c1ccc(-n2cc(I)cn2)c(F)c1. The quantitative estimate of drug-likeness (QED) is 0.670. The highest BCUT2D eigenvalue weighted by Crippen LogP contribution is 2.15. The van der Waals surface area contributed by atoms with E-state index in [-0.39, 0.29) is 4.99 Å². The van der Waals surface area contributed by atoms with E-state index in [0.29, 0.717) is 11.3 Å². The Balaban J connectivity index is 2.47. The molecule has 0 bridgehead atoms. The molecule has 3 nitrogen and oxygen atoms in total. The van der Waals surface area contributed by atoms with Crippen molar-refractivity contribution >= 4 is 39.8 Å². The first kappa shape index (κ1) is 11.5. The van der Waals surface area contributed by atoms with Gasteiger partial charge in [-0.15, -0.1) is 0 Å². The van der Waals surface area contributed by atoms with E-state index < -0.39 is 5.82 Å². The molecule has 16 heavy (non-hydrogen) atoms. The molecule has 82 valence electrons. The van der Waals surface area contributed by atoms with Crippen molar-refractivity contribution in [3.8, 4) is 5.69 Å². The Hall–Kier alpha value is -1.02.